The van der Waals surface area contributed by atoms with E-state index in [9.17, 15) is 4.39 Å². The first-order valence-electron chi connectivity index (χ1n) is 7.21. The third-order valence-electron chi connectivity index (χ3n) is 3.85. The molecule has 3 aromatic rings. The van der Waals surface area contributed by atoms with Crippen LogP contribution in [0.25, 0.3) is 5.70 Å². The maximum absolute atomic E-state index is 13.6. The van der Waals surface area contributed by atoms with Gasteiger partial charge in [-0.2, -0.15) is 10.1 Å². The fraction of sp³-hybridized carbons (Fsp3) is 0.0588. The Bertz CT molecular complexity index is 934. The molecule has 0 fully saturated rings. The molecule has 1 aliphatic heterocycles. The van der Waals surface area contributed by atoms with Gasteiger partial charge in [-0.1, -0.05) is 34.1 Å². The molecule has 0 radical (unpaired) electrons. The van der Waals surface area contributed by atoms with Gasteiger partial charge in [0.15, 0.2) is 0 Å². The number of hydrogen-bond acceptors (Lipinski definition) is 3. The molecule has 7 heteroatoms. The maximum Gasteiger partial charge on any atom is 0.226 e. The average molecular weight is 450 g/mol. The molecule has 1 N–H and O–H groups in total. The van der Waals surface area contributed by atoms with Crippen molar-refractivity contribution in [1.82, 2.24) is 14.8 Å². The van der Waals surface area contributed by atoms with Crippen LogP contribution in [0, 0.1) is 5.82 Å². The zero-order valence-corrected chi connectivity index (χ0v) is 15.4. The van der Waals surface area contributed by atoms with E-state index >= 15 is 0 Å². The zero-order chi connectivity index (χ0) is 16.7. The summed E-state index contributed by atoms with van der Waals surface area (Å²) in [5.41, 5.74) is 2.90. The molecule has 120 valence electrons. The van der Waals surface area contributed by atoms with Gasteiger partial charge in [-0.3, -0.25) is 0 Å². The Kier molecular flexibility index (Phi) is 3.97. The van der Waals surface area contributed by atoms with Crippen LogP contribution in [-0.2, 0) is 0 Å². The Morgan fingerprint density at radius 1 is 1.08 bits per heavy atom. The molecule has 2 heterocycles. The number of rotatable bonds is 2. The summed E-state index contributed by atoms with van der Waals surface area (Å²) in [6.07, 6.45) is 3.57. The Balaban J connectivity index is 1.81. The second-order valence-corrected chi connectivity index (χ2v) is 7.13. The van der Waals surface area contributed by atoms with Crippen molar-refractivity contribution in [3.05, 3.63) is 80.8 Å². The van der Waals surface area contributed by atoms with E-state index in [4.69, 9.17) is 0 Å². The van der Waals surface area contributed by atoms with E-state index in [-0.39, 0.29) is 11.9 Å². The van der Waals surface area contributed by atoms with Crippen LogP contribution in [0.1, 0.15) is 17.2 Å². The predicted octanol–water partition coefficient (Wildman–Crippen LogP) is 5.00. The predicted molar refractivity (Wildman–Crippen MR) is 98.0 cm³/mol. The van der Waals surface area contributed by atoms with Crippen LogP contribution >= 0.6 is 31.9 Å². The second kappa shape index (κ2) is 6.14. The molecule has 4 nitrogen and oxygen atoms in total. The van der Waals surface area contributed by atoms with Gasteiger partial charge in [-0.15, -0.1) is 0 Å². The monoisotopic (exact) mass is 448 g/mol. The molecule has 1 atom stereocenters. The molecule has 0 amide bonds. The number of anilines is 1. The molecule has 4 rings (SSSR count). The second-order valence-electron chi connectivity index (χ2n) is 5.36. The minimum Gasteiger partial charge on any atom is -0.324 e. The Labute approximate surface area is 154 Å². The summed E-state index contributed by atoms with van der Waals surface area (Å²) in [4.78, 5) is 4.27. The number of allylic oxidation sites excluding steroid dienone is 1. The summed E-state index contributed by atoms with van der Waals surface area (Å²) in [5.74, 6) is 0.365. The molecule has 2 aromatic carbocycles. The van der Waals surface area contributed by atoms with Crippen molar-refractivity contribution in [2.75, 3.05) is 5.32 Å². The largest absolute Gasteiger partial charge is 0.324 e. The van der Waals surface area contributed by atoms with Crippen molar-refractivity contribution in [1.29, 1.82) is 0 Å². The Morgan fingerprint density at radius 2 is 1.88 bits per heavy atom. The zero-order valence-electron chi connectivity index (χ0n) is 12.2. The van der Waals surface area contributed by atoms with E-state index in [1.54, 1.807) is 16.8 Å². The summed E-state index contributed by atoms with van der Waals surface area (Å²) in [6.45, 7) is 0. The number of aromatic nitrogens is 3. The van der Waals surface area contributed by atoms with Crippen molar-refractivity contribution < 1.29 is 4.39 Å². The molecule has 0 bridgehead atoms. The van der Waals surface area contributed by atoms with Gasteiger partial charge in [0, 0.05) is 10.2 Å². The molecule has 1 aliphatic rings. The maximum atomic E-state index is 13.6. The number of halogens is 3. The molecule has 0 spiro atoms. The number of hydrogen-bond donors (Lipinski definition) is 1. The number of nitrogens with zero attached hydrogens (tertiary/aromatic N) is 3. The van der Waals surface area contributed by atoms with E-state index in [0.29, 0.717) is 10.4 Å². The lowest BCUT2D eigenvalue weighted by atomic mass is 10.0. The molecule has 24 heavy (non-hydrogen) atoms. The Hall–Kier alpha value is -1.99. The highest BCUT2D eigenvalue weighted by Gasteiger charge is 2.23. The number of fused-ring (bicyclic) bond motifs is 1. The summed E-state index contributed by atoms with van der Waals surface area (Å²) >= 11 is 6.69. The summed E-state index contributed by atoms with van der Waals surface area (Å²) < 4.78 is 16.8. The molecule has 0 saturated heterocycles. The highest BCUT2D eigenvalue weighted by atomic mass is 79.9. The van der Waals surface area contributed by atoms with Crippen LogP contribution in [0.4, 0.5) is 10.3 Å². The first-order chi connectivity index (χ1) is 11.6. The molecule has 0 aliphatic carbocycles. The SMILES string of the molecule is Fc1ccc([C@H]2C=C(c3ccc(Br)cc3)Nc3ncnn32)cc1Br. The lowest BCUT2D eigenvalue weighted by molar-refractivity contribution is 0.599. The van der Waals surface area contributed by atoms with E-state index in [0.717, 1.165) is 21.3 Å². The fourth-order valence-electron chi connectivity index (χ4n) is 2.67. The van der Waals surface area contributed by atoms with Gasteiger partial charge in [0.05, 0.1) is 4.47 Å². The van der Waals surface area contributed by atoms with Crippen molar-refractivity contribution in [2.24, 2.45) is 0 Å². The molecule has 0 saturated carbocycles. The fourth-order valence-corrected chi connectivity index (χ4v) is 3.33. The highest BCUT2D eigenvalue weighted by molar-refractivity contribution is 9.10. The van der Waals surface area contributed by atoms with Crippen LogP contribution in [0.5, 0.6) is 0 Å². The third kappa shape index (κ3) is 2.78. The lowest BCUT2D eigenvalue weighted by Gasteiger charge is -2.24. The van der Waals surface area contributed by atoms with Gasteiger partial charge in [0.1, 0.15) is 18.2 Å². The van der Waals surface area contributed by atoms with Crippen LogP contribution in [0.3, 0.4) is 0 Å². The van der Waals surface area contributed by atoms with Crippen molar-refractivity contribution in [3.8, 4) is 0 Å². The first-order valence-corrected chi connectivity index (χ1v) is 8.79. The molecular weight excluding hydrogens is 439 g/mol. The van der Waals surface area contributed by atoms with Gasteiger partial charge < -0.3 is 5.32 Å². The van der Waals surface area contributed by atoms with Crippen molar-refractivity contribution >= 4 is 43.5 Å². The van der Waals surface area contributed by atoms with Gasteiger partial charge in [-0.05, 0) is 57.4 Å². The van der Waals surface area contributed by atoms with Gasteiger partial charge >= 0.3 is 0 Å². The van der Waals surface area contributed by atoms with Crippen LogP contribution in [0.15, 0.2) is 63.8 Å². The van der Waals surface area contributed by atoms with Crippen LogP contribution < -0.4 is 5.32 Å². The lowest BCUT2D eigenvalue weighted by Crippen LogP contribution is -2.20. The molecule has 1 aromatic heterocycles. The number of benzene rings is 2. The van der Waals surface area contributed by atoms with E-state index < -0.39 is 0 Å². The van der Waals surface area contributed by atoms with Gasteiger partial charge in [0.25, 0.3) is 0 Å². The summed E-state index contributed by atoms with van der Waals surface area (Å²) in [7, 11) is 0. The van der Waals surface area contributed by atoms with Crippen molar-refractivity contribution in [2.45, 2.75) is 6.04 Å². The topological polar surface area (TPSA) is 42.7 Å². The molecular formula is C17H11Br2FN4. The van der Waals surface area contributed by atoms with Crippen LogP contribution in [0.2, 0.25) is 0 Å². The number of nitrogens with one attached hydrogen (secondary N) is 1. The molecule has 0 unspecified atom stereocenters. The van der Waals surface area contributed by atoms with E-state index in [2.05, 4.69) is 53.3 Å². The van der Waals surface area contributed by atoms with Gasteiger partial charge in [-0.25, -0.2) is 9.07 Å². The van der Waals surface area contributed by atoms with Crippen LogP contribution in [-0.4, -0.2) is 14.8 Å². The van der Waals surface area contributed by atoms with Gasteiger partial charge in [0.2, 0.25) is 5.95 Å². The van der Waals surface area contributed by atoms with E-state index in [1.165, 1.54) is 12.4 Å². The third-order valence-corrected chi connectivity index (χ3v) is 4.98. The van der Waals surface area contributed by atoms with Crippen molar-refractivity contribution in [3.63, 3.8) is 0 Å². The quantitative estimate of drug-likeness (QED) is 0.598. The Morgan fingerprint density at radius 3 is 2.62 bits per heavy atom. The summed E-state index contributed by atoms with van der Waals surface area (Å²) in [6, 6.07) is 12.8. The standard InChI is InChI=1S/C17H11Br2FN4/c18-12-4-1-10(2-5-12)15-8-16(24-17(23-15)21-9-22-24)11-3-6-14(20)13(19)7-11/h1-9,16H,(H,21,22,23)/t16-/m1/s1. The summed E-state index contributed by atoms with van der Waals surface area (Å²) in [5, 5.41) is 7.58. The average Bonchev–Trinajstić information content (AvgIpc) is 3.06. The highest BCUT2D eigenvalue weighted by Crippen LogP contribution is 2.33. The van der Waals surface area contributed by atoms with E-state index in [1.807, 2.05) is 24.3 Å². The minimum atomic E-state index is -0.288. The normalized spacial score (nSPS) is 16.3. The minimum absolute atomic E-state index is 0.167. The first kappa shape index (κ1) is 15.5. The smallest absolute Gasteiger partial charge is 0.226 e.